The summed E-state index contributed by atoms with van der Waals surface area (Å²) in [6.07, 6.45) is 0. The summed E-state index contributed by atoms with van der Waals surface area (Å²) in [6, 6.07) is 5.04. The summed E-state index contributed by atoms with van der Waals surface area (Å²) in [5, 5.41) is 9.22. The van der Waals surface area contributed by atoms with Crippen LogP contribution in [-0.2, 0) is 16.1 Å². The Morgan fingerprint density at radius 3 is 2.53 bits per heavy atom. The van der Waals surface area contributed by atoms with Crippen LogP contribution >= 0.6 is 11.8 Å². The monoisotopic (exact) mass is 436 g/mol. The standard InChI is InChI=1S/C19H25FN6O3S/c1-13(2)11-26-18(25-7-9-29-10-8-25)23-24-19(26)30-12-16(27)21-22-17(28)14-3-5-15(20)6-4-14/h3-6,13H,7-12H2,1-2H3,(H,21,27)(H,22,28). The second-order valence-electron chi connectivity index (χ2n) is 7.18. The molecular weight excluding hydrogens is 411 g/mol. The van der Waals surface area contributed by atoms with Gasteiger partial charge in [-0.1, -0.05) is 25.6 Å². The molecule has 0 atom stereocenters. The van der Waals surface area contributed by atoms with Crippen LogP contribution in [0.2, 0.25) is 0 Å². The van der Waals surface area contributed by atoms with Crippen LogP contribution in [0.1, 0.15) is 24.2 Å². The normalized spacial score (nSPS) is 14.1. The predicted octanol–water partition coefficient (Wildman–Crippen LogP) is 1.46. The summed E-state index contributed by atoms with van der Waals surface area (Å²) in [5.74, 6) is -0.130. The maximum Gasteiger partial charge on any atom is 0.269 e. The number of morpholine rings is 1. The van der Waals surface area contributed by atoms with E-state index < -0.39 is 11.7 Å². The number of anilines is 1. The molecule has 2 heterocycles. The van der Waals surface area contributed by atoms with Gasteiger partial charge in [-0.2, -0.15) is 0 Å². The minimum Gasteiger partial charge on any atom is -0.378 e. The molecule has 2 N–H and O–H groups in total. The Balaban J connectivity index is 1.56. The van der Waals surface area contributed by atoms with Crippen LogP contribution in [0.5, 0.6) is 0 Å². The van der Waals surface area contributed by atoms with Crippen LogP contribution in [0, 0.1) is 11.7 Å². The molecule has 2 aromatic rings. The zero-order valence-corrected chi connectivity index (χ0v) is 17.7. The van der Waals surface area contributed by atoms with Gasteiger partial charge < -0.3 is 9.64 Å². The third-order valence-electron chi connectivity index (χ3n) is 4.29. The molecule has 3 rings (SSSR count). The lowest BCUT2D eigenvalue weighted by atomic mass is 10.2. The second kappa shape index (κ2) is 10.4. The predicted molar refractivity (Wildman–Crippen MR) is 111 cm³/mol. The highest BCUT2D eigenvalue weighted by molar-refractivity contribution is 7.99. The van der Waals surface area contributed by atoms with Crippen molar-refractivity contribution in [3.8, 4) is 0 Å². The highest BCUT2D eigenvalue weighted by atomic mass is 32.2. The number of carbonyl (C=O) groups excluding carboxylic acids is 2. The van der Waals surface area contributed by atoms with E-state index in [1.807, 2.05) is 4.57 Å². The number of carbonyl (C=O) groups is 2. The van der Waals surface area contributed by atoms with Crippen molar-refractivity contribution in [2.24, 2.45) is 5.92 Å². The van der Waals surface area contributed by atoms with Gasteiger partial charge in [0.25, 0.3) is 5.91 Å². The first-order chi connectivity index (χ1) is 14.4. The van der Waals surface area contributed by atoms with E-state index in [0.29, 0.717) is 24.3 Å². The second-order valence-corrected chi connectivity index (χ2v) is 8.13. The van der Waals surface area contributed by atoms with Gasteiger partial charge in [-0.25, -0.2) is 4.39 Å². The van der Waals surface area contributed by atoms with Crippen molar-refractivity contribution in [3.63, 3.8) is 0 Å². The summed E-state index contributed by atoms with van der Waals surface area (Å²) in [4.78, 5) is 26.3. The van der Waals surface area contributed by atoms with Gasteiger partial charge in [-0.3, -0.25) is 25.0 Å². The SMILES string of the molecule is CC(C)Cn1c(SCC(=O)NNC(=O)c2ccc(F)cc2)nnc1N1CCOCC1. The molecule has 0 spiro atoms. The van der Waals surface area contributed by atoms with Gasteiger partial charge in [0.2, 0.25) is 11.9 Å². The maximum absolute atomic E-state index is 12.9. The lowest BCUT2D eigenvalue weighted by molar-refractivity contribution is -0.119. The molecule has 11 heteroatoms. The number of nitrogens with one attached hydrogen (secondary N) is 2. The largest absolute Gasteiger partial charge is 0.378 e. The van der Waals surface area contributed by atoms with Crippen molar-refractivity contribution >= 4 is 29.5 Å². The highest BCUT2D eigenvalue weighted by Crippen LogP contribution is 2.24. The molecule has 1 fully saturated rings. The van der Waals surface area contributed by atoms with Gasteiger partial charge in [-0.05, 0) is 30.2 Å². The quantitative estimate of drug-likeness (QED) is 0.501. The average molecular weight is 437 g/mol. The molecule has 1 saturated heterocycles. The van der Waals surface area contributed by atoms with Gasteiger partial charge in [0.05, 0.1) is 19.0 Å². The fraction of sp³-hybridized carbons (Fsp3) is 0.474. The molecule has 0 radical (unpaired) electrons. The molecule has 30 heavy (non-hydrogen) atoms. The molecule has 1 aromatic heterocycles. The van der Waals surface area contributed by atoms with Crippen LogP contribution < -0.4 is 15.8 Å². The number of rotatable bonds is 7. The Morgan fingerprint density at radius 1 is 1.17 bits per heavy atom. The van der Waals surface area contributed by atoms with E-state index in [0.717, 1.165) is 25.6 Å². The van der Waals surface area contributed by atoms with Gasteiger partial charge in [0.15, 0.2) is 5.16 Å². The molecule has 0 aliphatic carbocycles. The average Bonchev–Trinajstić information content (AvgIpc) is 3.13. The van der Waals surface area contributed by atoms with Crippen molar-refractivity contribution in [3.05, 3.63) is 35.6 Å². The number of halogens is 1. The van der Waals surface area contributed by atoms with E-state index in [1.165, 1.54) is 36.0 Å². The number of aromatic nitrogens is 3. The van der Waals surface area contributed by atoms with Crippen molar-refractivity contribution in [2.75, 3.05) is 37.0 Å². The Bertz CT molecular complexity index is 868. The van der Waals surface area contributed by atoms with Crippen LogP contribution in [0.15, 0.2) is 29.4 Å². The van der Waals surface area contributed by atoms with Crippen molar-refractivity contribution < 1.29 is 18.7 Å². The molecule has 1 aliphatic heterocycles. The van der Waals surface area contributed by atoms with E-state index >= 15 is 0 Å². The molecule has 1 aromatic carbocycles. The van der Waals surface area contributed by atoms with Gasteiger partial charge in [-0.15, -0.1) is 10.2 Å². The molecule has 0 unspecified atom stereocenters. The molecule has 162 valence electrons. The number of benzene rings is 1. The minimum absolute atomic E-state index is 0.0586. The van der Waals surface area contributed by atoms with E-state index in [2.05, 4.69) is 39.8 Å². The lowest BCUT2D eigenvalue weighted by Crippen LogP contribution is -2.42. The zero-order valence-electron chi connectivity index (χ0n) is 16.9. The smallest absolute Gasteiger partial charge is 0.269 e. The molecule has 2 amide bonds. The van der Waals surface area contributed by atoms with E-state index in [9.17, 15) is 14.0 Å². The number of hydrogen-bond donors (Lipinski definition) is 2. The van der Waals surface area contributed by atoms with Crippen molar-refractivity contribution in [2.45, 2.75) is 25.5 Å². The number of hydrogen-bond acceptors (Lipinski definition) is 7. The van der Waals surface area contributed by atoms with E-state index in [4.69, 9.17) is 4.74 Å². The summed E-state index contributed by atoms with van der Waals surface area (Å²) >= 11 is 1.25. The zero-order chi connectivity index (χ0) is 21.5. The van der Waals surface area contributed by atoms with Crippen molar-refractivity contribution in [1.82, 2.24) is 25.6 Å². The first-order valence-electron chi connectivity index (χ1n) is 9.67. The summed E-state index contributed by atoms with van der Waals surface area (Å²) in [7, 11) is 0. The summed E-state index contributed by atoms with van der Waals surface area (Å²) in [5.41, 5.74) is 4.92. The Labute approximate surface area is 178 Å². The van der Waals surface area contributed by atoms with E-state index in [-0.39, 0.29) is 17.2 Å². The van der Waals surface area contributed by atoms with Gasteiger partial charge >= 0.3 is 0 Å². The van der Waals surface area contributed by atoms with Crippen LogP contribution in [0.3, 0.4) is 0 Å². The minimum atomic E-state index is -0.522. The molecule has 0 bridgehead atoms. The number of amides is 2. The van der Waals surface area contributed by atoms with Crippen molar-refractivity contribution in [1.29, 1.82) is 0 Å². The summed E-state index contributed by atoms with van der Waals surface area (Å²) in [6.45, 7) is 7.73. The van der Waals surface area contributed by atoms with Crippen LogP contribution in [0.25, 0.3) is 0 Å². The number of thioether (sulfide) groups is 1. The topological polar surface area (TPSA) is 101 Å². The first kappa shape index (κ1) is 22.0. The molecule has 0 saturated carbocycles. The Kier molecular flexibility index (Phi) is 7.63. The third kappa shape index (κ3) is 5.92. The number of nitrogens with zero attached hydrogens (tertiary/aromatic N) is 4. The number of hydrazine groups is 1. The molecular formula is C19H25FN6O3S. The lowest BCUT2D eigenvalue weighted by Gasteiger charge is -2.28. The van der Waals surface area contributed by atoms with Crippen LogP contribution in [0.4, 0.5) is 10.3 Å². The molecule has 1 aliphatic rings. The van der Waals surface area contributed by atoms with Gasteiger partial charge in [0, 0.05) is 25.2 Å². The molecule has 9 nitrogen and oxygen atoms in total. The Morgan fingerprint density at radius 2 is 1.87 bits per heavy atom. The first-order valence-corrected chi connectivity index (χ1v) is 10.7. The third-order valence-corrected chi connectivity index (χ3v) is 5.26. The number of ether oxygens (including phenoxy) is 1. The fourth-order valence-electron chi connectivity index (χ4n) is 2.88. The summed E-state index contributed by atoms with van der Waals surface area (Å²) < 4.78 is 20.4. The van der Waals surface area contributed by atoms with E-state index in [1.54, 1.807) is 0 Å². The maximum atomic E-state index is 12.9. The van der Waals surface area contributed by atoms with Gasteiger partial charge in [0.1, 0.15) is 5.82 Å². The Hall–Kier alpha value is -2.66. The van der Waals surface area contributed by atoms with Crippen LogP contribution in [-0.4, -0.2) is 58.6 Å². The fourth-order valence-corrected chi connectivity index (χ4v) is 3.62. The highest BCUT2D eigenvalue weighted by Gasteiger charge is 2.21.